The van der Waals surface area contributed by atoms with Crippen LogP contribution in [0.1, 0.15) is 20.8 Å². The highest BCUT2D eigenvalue weighted by atomic mass is 79.9. The van der Waals surface area contributed by atoms with Crippen LogP contribution in [0.15, 0.2) is 47.0 Å². The van der Waals surface area contributed by atoms with Crippen LogP contribution in [0.4, 0.5) is 16.2 Å². The number of nitro benzene ring substituents is 1. The van der Waals surface area contributed by atoms with Crippen molar-refractivity contribution < 1.29 is 14.5 Å². The maximum Gasteiger partial charge on any atom is 0.411 e. The molecule has 132 valence electrons. The predicted octanol–water partition coefficient (Wildman–Crippen LogP) is 5.66. The van der Waals surface area contributed by atoms with E-state index in [1.165, 1.54) is 6.07 Å². The molecule has 0 unspecified atom stereocenters. The fourth-order valence-corrected chi connectivity index (χ4v) is 2.81. The molecule has 0 spiro atoms. The summed E-state index contributed by atoms with van der Waals surface area (Å²) in [6.45, 7) is 6.32. The lowest BCUT2D eigenvalue weighted by Crippen LogP contribution is -2.14. The van der Waals surface area contributed by atoms with Crippen LogP contribution in [0, 0.1) is 15.5 Å². The van der Waals surface area contributed by atoms with Crippen LogP contribution >= 0.6 is 15.9 Å². The maximum absolute atomic E-state index is 11.9. The SMILES string of the molecule is CC(C)(C)C=CCOC(=O)Nc1ccc2c([N+](=O)[O-])cccc2c1Br. The summed E-state index contributed by atoms with van der Waals surface area (Å²) in [6, 6.07) is 8.00. The first-order valence-electron chi connectivity index (χ1n) is 7.66. The molecule has 1 N–H and O–H groups in total. The number of anilines is 1. The van der Waals surface area contributed by atoms with Gasteiger partial charge in [-0.2, -0.15) is 0 Å². The minimum Gasteiger partial charge on any atom is -0.445 e. The highest BCUT2D eigenvalue weighted by Crippen LogP contribution is 2.35. The summed E-state index contributed by atoms with van der Waals surface area (Å²) in [5.41, 5.74) is 0.521. The molecule has 0 aliphatic carbocycles. The molecule has 2 aromatic carbocycles. The molecular weight excluding hydrogens is 388 g/mol. The molecule has 0 atom stereocenters. The molecule has 0 saturated heterocycles. The van der Waals surface area contributed by atoms with Gasteiger partial charge in [0.2, 0.25) is 0 Å². The molecular formula is C18H19BrN2O4. The lowest BCUT2D eigenvalue weighted by Gasteiger charge is -2.12. The summed E-state index contributed by atoms with van der Waals surface area (Å²) in [5, 5.41) is 14.9. The number of carbonyl (C=O) groups is 1. The fourth-order valence-electron chi connectivity index (χ4n) is 2.23. The average Bonchev–Trinajstić information content (AvgIpc) is 2.53. The highest BCUT2D eigenvalue weighted by Gasteiger charge is 2.15. The van der Waals surface area contributed by atoms with Crippen LogP contribution < -0.4 is 5.32 Å². The van der Waals surface area contributed by atoms with Gasteiger partial charge in [-0.25, -0.2) is 4.79 Å². The van der Waals surface area contributed by atoms with Crippen LogP contribution in [0.2, 0.25) is 0 Å². The molecule has 6 nitrogen and oxygen atoms in total. The molecule has 0 fully saturated rings. The number of nitrogens with zero attached hydrogens (tertiary/aromatic N) is 1. The van der Waals surface area contributed by atoms with E-state index in [0.29, 0.717) is 20.9 Å². The topological polar surface area (TPSA) is 81.5 Å². The molecule has 0 radical (unpaired) electrons. The van der Waals surface area contributed by atoms with E-state index in [1.807, 2.05) is 6.08 Å². The zero-order chi connectivity index (χ0) is 18.6. The number of nitrogens with one attached hydrogen (secondary N) is 1. The van der Waals surface area contributed by atoms with Crippen LogP contribution in [0.3, 0.4) is 0 Å². The molecule has 25 heavy (non-hydrogen) atoms. The standard InChI is InChI=1S/C18H19BrN2O4/c1-18(2,3)10-5-11-25-17(22)20-14-9-8-12-13(16(14)19)6-4-7-15(12)21(23)24/h4-10H,11H2,1-3H3,(H,20,22). The second-order valence-electron chi connectivity index (χ2n) is 6.55. The van der Waals surface area contributed by atoms with Gasteiger partial charge in [-0.3, -0.25) is 15.4 Å². The Labute approximate surface area is 154 Å². The number of ether oxygens (including phenoxy) is 1. The summed E-state index contributed by atoms with van der Waals surface area (Å²) in [5.74, 6) is 0. The Morgan fingerprint density at radius 3 is 2.64 bits per heavy atom. The van der Waals surface area contributed by atoms with Gasteiger partial charge in [-0.05, 0) is 33.5 Å². The summed E-state index contributed by atoms with van der Waals surface area (Å²) in [7, 11) is 0. The van der Waals surface area contributed by atoms with Crippen molar-refractivity contribution in [3.63, 3.8) is 0 Å². The number of benzene rings is 2. The normalized spacial score (nSPS) is 11.7. The molecule has 0 aliphatic heterocycles. The third-order valence-electron chi connectivity index (χ3n) is 3.33. The highest BCUT2D eigenvalue weighted by molar-refractivity contribution is 9.10. The first kappa shape index (κ1) is 18.9. The number of nitro groups is 1. The fraction of sp³-hybridized carbons (Fsp3) is 0.278. The van der Waals surface area contributed by atoms with Gasteiger partial charge in [0.05, 0.1) is 16.0 Å². The number of allylic oxidation sites excluding steroid dienone is 1. The largest absolute Gasteiger partial charge is 0.445 e. The van der Waals surface area contributed by atoms with Gasteiger partial charge in [-0.1, -0.05) is 45.1 Å². The smallest absolute Gasteiger partial charge is 0.411 e. The minimum absolute atomic E-state index is 0.0136. The number of hydrogen-bond donors (Lipinski definition) is 1. The van der Waals surface area contributed by atoms with Crippen molar-refractivity contribution in [1.82, 2.24) is 0 Å². The maximum atomic E-state index is 11.9. The lowest BCUT2D eigenvalue weighted by molar-refractivity contribution is -0.383. The first-order valence-corrected chi connectivity index (χ1v) is 8.45. The predicted molar refractivity (Wildman–Crippen MR) is 102 cm³/mol. The number of halogens is 1. The van der Waals surface area contributed by atoms with Crippen molar-refractivity contribution in [2.24, 2.45) is 5.41 Å². The molecule has 0 saturated carbocycles. The monoisotopic (exact) mass is 406 g/mol. The second kappa shape index (κ2) is 7.65. The Morgan fingerprint density at radius 1 is 1.28 bits per heavy atom. The van der Waals surface area contributed by atoms with Crippen molar-refractivity contribution >= 4 is 44.2 Å². The average molecular weight is 407 g/mol. The number of non-ortho nitro benzene ring substituents is 1. The quantitative estimate of drug-likeness (QED) is 0.403. The minimum atomic E-state index is -0.593. The van der Waals surface area contributed by atoms with E-state index in [0.717, 1.165) is 0 Å². The summed E-state index contributed by atoms with van der Waals surface area (Å²) >= 11 is 3.39. The van der Waals surface area contributed by atoms with Crippen molar-refractivity contribution in [3.05, 3.63) is 57.1 Å². The zero-order valence-electron chi connectivity index (χ0n) is 14.2. The van der Waals surface area contributed by atoms with Crippen molar-refractivity contribution in [2.45, 2.75) is 20.8 Å². The number of hydrogen-bond acceptors (Lipinski definition) is 4. The van der Waals surface area contributed by atoms with E-state index in [4.69, 9.17) is 4.74 Å². The second-order valence-corrected chi connectivity index (χ2v) is 7.34. The van der Waals surface area contributed by atoms with Crippen LogP contribution in [-0.2, 0) is 4.74 Å². The third kappa shape index (κ3) is 5.03. The van der Waals surface area contributed by atoms with E-state index in [-0.39, 0.29) is 17.7 Å². The van der Waals surface area contributed by atoms with Crippen molar-refractivity contribution in [2.75, 3.05) is 11.9 Å². The van der Waals surface area contributed by atoms with Crippen molar-refractivity contribution in [3.8, 4) is 0 Å². The molecule has 0 aliphatic rings. The third-order valence-corrected chi connectivity index (χ3v) is 4.19. The van der Waals surface area contributed by atoms with Crippen LogP contribution in [0.25, 0.3) is 10.8 Å². The summed E-state index contributed by atoms with van der Waals surface area (Å²) in [6.07, 6.45) is 3.16. The molecule has 0 bridgehead atoms. The van der Waals surface area contributed by atoms with E-state index < -0.39 is 11.0 Å². The summed E-state index contributed by atoms with van der Waals surface area (Å²) in [4.78, 5) is 22.6. The van der Waals surface area contributed by atoms with E-state index in [2.05, 4.69) is 42.0 Å². The molecule has 7 heteroatoms. The molecule has 1 amide bonds. The Hall–Kier alpha value is -2.41. The zero-order valence-corrected chi connectivity index (χ0v) is 15.8. The van der Waals surface area contributed by atoms with Gasteiger partial charge in [0.15, 0.2) is 0 Å². The van der Waals surface area contributed by atoms with E-state index >= 15 is 0 Å². The Kier molecular flexibility index (Phi) is 5.79. The van der Waals surface area contributed by atoms with Gasteiger partial charge >= 0.3 is 6.09 Å². The van der Waals surface area contributed by atoms with Gasteiger partial charge in [0, 0.05) is 15.9 Å². The number of amides is 1. The van der Waals surface area contributed by atoms with Gasteiger partial charge < -0.3 is 4.74 Å². The Morgan fingerprint density at radius 2 is 2.00 bits per heavy atom. The number of fused-ring (bicyclic) bond motifs is 1. The van der Waals surface area contributed by atoms with Crippen molar-refractivity contribution in [1.29, 1.82) is 0 Å². The van der Waals surface area contributed by atoms with E-state index in [1.54, 1.807) is 30.3 Å². The molecule has 2 rings (SSSR count). The molecule has 0 heterocycles. The number of rotatable bonds is 4. The molecule has 2 aromatic rings. The van der Waals surface area contributed by atoms with Gasteiger partial charge in [0.1, 0.15) is 6.61 Å². The first-order chi connectivity index (χ1) is 11.7. The van der Waals surface area contributed by atoms with Crippen LogP contribution in [0.5, 0.6) is 0 Å². The van der Waals surface area contributed by atoms with E-state index in [9.17, 15) is 14.9 Å². The Bertz CT molecular complexity index is 841. The number of carbonyl (C=O) groups excluding carboxylic acids is 1. The van der Waals surface area contributed by atoms with Crippen LogP contribution in [-0.4, -0.2) is 17.6 Å². The summed E-state index contributed by atoms with van der Waals surface area (Å²) < 4.78 is 5.67. The molecule has 0 aromatic heterocycles. The lowest BCUT2D eigenvalue weighted by atomic mass is 9.96. The van der Waals surface area contributed by atoms with Gasteiger partial charge in [-0.15, -0.1) is 0 Å². The Balaban J connectivity index is 2.14. The van der Waals surface area contributed by atoms with Gasteiger partial charge in [0.25, 0.3) is 5.69 Å².